The zero-order valence-corrected chi connectivity index (χ0v) is 13.9. The largest absolute Gasteiger partial charge is 7.00 e. The molecule has 0 unspecified atom stereocenters. The predicted octanol–water partition coefficient (Wildman–Crippen LogP) is -1.68. The number of nitrogens with zero attached hydrogens (tertiary/aromatic N) is 7. The van der Waals surface area contributed by atoms with E-state index >= 15 is 0 Å². The van der Waals surface area contributed by atoms with Gasteiger partial charge in [0, 0.05) is 0 Å². The summed E-state index contributed by atoms with van der Waals surface area (Å²) in [5.74, 6) is 0. The molecule has 0 saturated carbocycles. The first-order valence-electron chi connectivity index (χ1n) is 3.83. The molecule has 0 fully saturated rings. The summed E-state index contributed by atoms with van der Waals surface area (Å²) in [5, 5.41) is 103. The van der Waals surface area contributed by atoms with Crippen molar-refractivity contribution in [3.63, 3.8) is 0 Å². The summed E-state index contributed by atoms with van der Waals surface area (Å²) < 4.78 is 0. The maximum Gasteiger partial charge on any atom is 7.00 e. The summed E-state index contributed by atoms with van der Waals surface area (Å²) >= 11 is 0. The zero-order chi connectivity index (χ0) is 25.0. The summed E-state index contributed by atoms with van der Waals surface area (Å²) in [6.07, 6.45) is 0. The van der Waals surface area contributed by atoms with Crippen LogP contribution in [0.25, 0.3) is 0 Å². The van der Waals surface area contributed by atoms with Gasteiger partial charge in [0.2, 0.25) is 0 Å². The van der Waals surface area contributed by atoms with Gasteiger partial charge in [0.25, 0.3) is 0 Å². The number of hydrogen-bond donors (Lipinski definition) is 0. The second-order valence-corrected chi connectivity index (χ2v) is 1.57. The molecule has 168 valence electrons. The van der Waals surface area contributed by atoms with E-state index in [-0.39, 0.29) is 20.1 Å². The van der Waals surface area contributed by atoms with Gasteiger partial charge in [-0.25, -0.2) is 0 Å². The average Bonchev–Trinajstić information content (AvgIpc) is 2.20. The van der Waals surface area contributed by atoms with Crippen LogP contribution in [0.1, 0.15) is 0 Å². The summed E-state index contributed by atoms with van der Waals surface area (Å²) in [4.78, 5) is 57.8. The van der Waals surface area contributed by atoms with Gasteiger partial charge in [-0.2, -0.15) is 0 Å². The summed E-state index contributed by atoms with van der Waals surface area (Å²) in [6.45, 7) is 0. The molecule has 0 heterocycles. The minimum absolute atomic E-state index is 0. The summed E-state index contributed by atoms with van der Waals surface area (Å²) in [7, 11) is 0. The van der Waals surface area contributed by atoms with Crippen LogP contribution in [0, 0.1) is 107 Å². The van der Waals surface area contributed by atoms with E-state index in [2.05, 4.69) is 0 Å². The van der Waals surface area contributed by atoms with E-state index in [1.807, 2.05) is 0 Å². The molecule has 0 saturated heterocycles. The van der Waals surface area contributed by atoms with E-state index in [9.17, 15) is 0 Å². The van der Waals surface area contributed by atoms with Gasteiger partial charge in [0.1, 0.15) is 0 Å². The Balaban J connectivity index is -0.0000000294. The Morgan fingerprint density at radius 3 is 0.241 bits per heavy atom. The van der Waals surface area contributed by atoms with E-state index in [0.29, 0.717) is 0 Å². The molecule has 0 aromatic rings. The Labute approximate surface area is 164 Å². The average molecular weight is 532 g/mol. The fourth-order valence-electron chi connectivity index (χ4n) is 0. The minimum atomic E-state index is -1.75. The van der Waals surface area contributed by atoms with Gasteiger partial charge in [0.15, 0.2) is 0 Å². The fourth-order valence-corrected chi connectivity index (χ4v) is 0. The Bertz CT molecular complexity index is 308. The van der Waals surface area contributed by atoms with Crippen LogP contribution in [-0.2, 0) is 20.1 Å². The third kappa shape index (κ3) is 417. The summed E-state index contributed by atoms with van der Waals surface area (Å²) in [5.41, 5.74) is 0. The molecule has 0 amide bonds. The van der Waals surface area contributed by atoms with E-state index in [0.717, 1.165) is 0 Å². The molecule has 29 heteroatoms. The first-order chi connectivity index (χ1) is 12.1. The van der Waals surface area contributed by atoms with Gasteiger partial charge < -0.3 is 107 Å². The van der Waals surface area contributed by atoms with Crippen LogP contribution >= 0.6 is 0 Å². The Morgan fingerprint density at radius 2 is 0.241 bits per heavy atom. The Morgan fingerprint density at radius 1 is 0.241 bits per heavy atom. The molecular weight excluding hydrogens is 532 g/mol. The summed E-state index contributed by atoms with van der Waals surface area (Å²) in [6, 6.07) is 0. The maximum atomic E-state index is 8.25. The molecule has 0 aliphatic carbocycles. The van der Waals surface area contributed by atoms with Crippen molar-refractivity contribution in [1.82, 2.24) is 0 Å². The van der Waals surface area contributed by atoms with Gasteiger partial charge in [-0.05, 0) is 0 Å². The molecule has 0 atom stereocenters. The van der Waals surface area contributed by atoms with E-state index in [4.69, 9.17) is 107 Å². The fraction of sp³-hybridized carbons (Fsp3) is 0. The molecule has 0 aromatic heterocycles. The van der Waals surface area contributed by atoms with Crippen LogP contribution in [0.15, 0.2) is 0 Å². The second kappa shape index (κ2) is 43.5. The van der Waals surface area contributed by atoms with Crippen molar-refractivity contribution in [3.8, 4) is 0 Å². The third-order valence-corrected chi connectivity index (χ3v) is 0. The molecule has 0 spiro atoms. The van der Waals surface area contributed by atoms with Crippen molar-refractivity contribution in [2.75, 3.05) is 0 Å². The van der Waals surface area contributed by atoms with Crippen molar-refractivity contribution >= 4 is 0 Å². The van der Waals surface area contributed by atoms with Crippen LogP contribution in [-0.4, -0.2) is 35.6 Å². The van der Waals surface area contributed by atoms with Crippen molar-refractivity contribution in [2.24, 2.45) is 0 Å². The Hall–Kier alpha value is -4.95. The van der Waals surface area contributed by atoms with E-state index in [1.165, 1.54) is 0 Å². The first kappa shape index (κ1) is 49.6. The molecule has 0 radical (unpaired) electrons. The molecule has 0 N–H and O–H groups in total. The molecule has 0 aliphatic heterocycles. The first-order valence-corrected chi connectivity index (χ1v) is 3.83. The maximum absolute atomic E-state index is 8.25. The molecule has 0 rings (SSSR count). The number of hydrogen-bond acceptors (Lipinski definition) is 21. The van der Waals surface area contributed by atoms with Crippen molar-refractivity contribution in [3.05, 3.63) is 107 Å². The molecule has 0 aromatic carbocycles. The van der Waals surface area contributed by atoms with Gasteiger partial charge in [-0.3, -0.25) is 0 Å². The molecular formula is N7O21Tc. The van der Waals surface area contributed by atoms with Crippen LogP contribution in [0.2, 0.25) is 0 Å². The van der Waals surface area contributed by atoms with Gasteiger partial charge >= 0.3 is 20.1 Å². The Kier molecular flexibility index (Phi) is 74.4. The standard InChI is InChI=1S/7NO3.Tc/c7*2-1(3)4;/q7*-1;+7. The zero-order valence-electron chi connectivity index (χ0n) is 12.1. The predicted molar refractivity (Wildman–Crippen MR) is 72.5 cm³/mol. The SMILES string of the molecule is O=[N+]([O-])[O-].O=[N+]([O-])[O-].O=[N+]([O-])[O-].O=[N+]([O-])[O-].O=[N+]([O-])[O-].O=[N+]([O-])[O-].O=[N+]([O-])[O-].[Tc+7]. The third-order valence-electron chi connectivity index (χ3n) is 0. The van der Waals surface area contributed by atoms with Gasteiger partial charge in [0.05, 0.1) is 35.6 Å². The van der Waals surface area contributed by atoms with Crippen molar-refractivity contribution < 1.29 is 55.7 Å². The van der Waals surface area contributed by atoms with E-state index < -0.39 is 35.6 Å². The van der Waals surface area contributed by atoms with Crippen LogP contribution in [0.3, 0.4) is 0 Å². The van der Waals surface area contributed by atoms with Crippen LogP contribution in [0.5, 0.6) is 0 Å². The van der Waals surface area contributed by atoms with Crippen molar-refractivity contribution in [2.45, 2.75) is 0 Å². The molecule has 28 nitrogen and oxygen atoms in total. The van der Waals surface area contributed by atoms with Crippen LogP contribution in [0.4, 0.5) is 0 Å². The van der Waals surface area contributed by atoms with Crippen LogP contribution < -0.4 is 0 Å². The van der Waals surface area contributed by atoms with Gasteiger partial charge in [-0.1, -0.05) is 0 Å². The molecule has 0 aliphatic rings. The second-order valence-electron chi connectivity index (χ2n) is 1.57. The quantitative estimate of drug-likeness (QED) is 0.248. The minimum Gasteiger partial charge on any atom is -0.356 e. The monoisotopic (exact) mass is 531 g/mol. The van der Waals surface area contributed by atoms with Gasteiger partial charge in [-0.15, -0.1) is 0 Å². The smallest absolute Gasteiger partial charge is 0.356 e. The van der Waals surface area contributed by atoms with Crippen molar-refractivity contribution in [1.29, 1.82) is 0 Å². The van der Waals surface area contributed by atoms with E-state index in [1.54, 1.807) is 0 Å². The number of rotatable bonds is 0. The normalized spacial score (nSPS) is 5.79. The molecule has 0 bridgehead atoms. The topological polar surface area (TPSA) is 463 Å². The molecule has 29 heavy (non-hydrogen) atoms.